The molecular weight excluding hydrogens is 476 g/mol. The van der Waals surface area contributed by atoms with Crippen molar-refractivity contribution in [3.63, 3.8) is 0 Å². The number of hydrazine groups is 2. The predicted octanol–water partition coefficient (Wildman–Crippen LogP) is 2.27. The van der Waals surface area contributed by atoms with E-state index in [-0.39, 0.29) is 17.9 Å². The van der Waals surface area contributed by atoms with E-state index in [4.69, 9.17) is 5.84 Å². The Morgan fingerprint density at radius 2 is 2.08 bits per heavy atom. The molecule has 5 rings (SSSR count). The Labute approximate surface area is 213 Å². The van der Waals surface area contributed by atoms with Gasteiger partial charge in [0, 0.05) is 35.3 Å². The van der Waals surface area contributed by atoms with Crippen molar-refractivity contribution in [1.29, 1.82) is 0 Å². The smallest absolute Gasteiger partial charge is 0.298 e. The molecule has 2 amide bonds. The maximum absolute atomic E-state index is 12.7. The highest BCUT2D eigenvalue weighted by Gasteiger charge is 2.38. The zero-order valence-corrected chi connectivity index (χ0v) is 20.8. The first-order valence-corrected chi connectivity index (χ1v) is 12.4. The number of carbonyl (C=O) groups is 2. The van der Waals surface area contributed by atoms with Crippen molar-refractivity contribution in [2.24, 2.45) is 10.8 Å². The van der Waals surface area contributed by atoms with Crippen LogP contribution in [-0.4, -0.2) is 57.2 Å². The lowest BCUT2D eigenvalue weighted by Crippen LogP contribution is -2.51. The van der Waals surface area contributed by atoms with Gasteiger partial charge in [0.1, 0.15) is 17.7 Å². The summed E-state index contributed by atoms with van der Waals surface area (Å²) in [6.45, 7) is 4.84. The first kappa shape index (κ1) is 23.6. The summed E-state index contributed by atoms with van der Waals surface area (Å²) >= 11 is 1.43. The van der Waals surface area contributed by atoms with Crippen LogP contribution in [0, 0.1) is 18.8 Å². The van der Waals surface area contributed by atoms with E-state index < -0.39 is 0 Å². The van der Waals surface area contributed by atoms with Crippen molar-refractivity contribution in [1.82, 2.24) is 25.3 Å². The van der Waals surface area contributed by atoms with Gasteiger partial charge >= 0.3 is 0 Å². The van der Waals surface area contributed by atoms with E-state index in [1.165, 1.54) is 16.3 Å². The molecule has 11 heteroatoms. The van der Waals surface area contributed by atoms with Crippen LogP contribution in [0.5, 0.6) is 0 Å². The maximum Gasteiger partial charge on any atom is 0.298 e. The number of likely N-dealkylation sites (tertiary alicyclic amines) is 1. The van der Waals surface area contributed by atoms with Gasteiger partial charge in [-0.05, 0) is 44.7 Å². The summed E-state index contributed by atoms with van der Waals surface area (Å²) in [6, 6.07) is 7.33. The monoisotopic (exact) mass is 502 g/mol. The molecule has 1 aromatic carbocycles. The highest BCUT2D eigenvalue weighted by molar-refractivity contribution is 7.15. The quantitative estimate of drug-likeness (QED) is 0.433. The van der Waals surface area contributed by atoms with Crippen LogP contribution in [0.25, 0.3) is 5.70 Å². The van der Waals surface area contributed by atoms with Crippen LogP contribution in [-0.2, 0) is 4.79 Å². The van der Waals surface area contributed by atoms with Crippen molar-refractivity contribution < 1.29 is 9.59 Å². The Morgan fingerprint density at radius 3 is 2.81 bits per heavy atom. The summed E-state index contributed by atoms with van der Waals surface area (Å²) in [5.41, 5.74) is 7.29. The lowest BCUT2D eigenvalue weighted by Gasteiger charge is -2.39. The number of aromatic nitrogens is 1. The van der Waals surface area contributed by atoms with Gasteiger partial charge in [0.05, 0.1) is 17.9 Å². The fourth-order valence-corrected chi connectivity index (χ4v) is 5.15. The second-order valence-electron chi connectivity index (χ2n) is 8.62. The number of aryl methyl sites for hydroxylation is 1. The second-order valence-corrected chi connectivity index (χ2v) is 9.86. The van der Waals surface area contributed by atoms with Crippen molar-refractivity contribution in [2.75, 3.05) is 18.4 Å². The summed E-state index contributed by atoms with van der Waals surface area (Å²) in [7, 11) is 0. The molecule has 3 aliphatic heterocycles. The van der Waals surface area contributed by atoms with Crippen LogP contribution >= 0.6 is 11.3 Å². The molecule has 0 saturated carbocycles. The van der Waals surface area contributed by atoms with E-state index in [9.17, 15) is 9.59 Å². The average Bonchev–Trinajstić information content (AvgIpc) is 3.48. The Hall–Kier alpha value is -4.14. The van der Waals surface area contributed by atoms with Gasteiger partial charge in [-0.15, -0.1) is 11.3 Å². The number of thiazole rings is 1. The number of anilines is 1. The minimum Gasteiger partial charge on any atom is -0.330 e. The van der Waals surface area contributed by atoms with E-state index in [2.05, 4.69) is 32.6 Å². The molecule has 1 aromatic heterocycles. The summed E-state index contributed by atoms with van der Waals surface area (Å²) < 4.78 is 0. The summed E-state index contributed by atoms with van der Waals surface area (Å²) in [5.74, 6) is 11.2. The summed E-state index contributed by atoms with van der Waals surface area (Å²) in [6.07, 6.45) is 6.82. The number of aliphatic imine (C=N–C) groups is 1. The van der Waals surface area contributed by atoms with Gasteiger partial charge in [0.25, 0.3) is 11.8 Å². The first-order chi connectivity index (χ1) is 17.4. The van der Waals surface area contributed by atoms with E-state index in [0.29, 0.717) is 23.8 Å². The lowest BCUT2D eigenvalue weighted by atomic mass is 10.0. The summed E-state index contributed by atoms with van der Waals surface area (Å²) in [5, 5.41) is 6.91. The number of amides is 2. The second kappa shape index (κ2) is 9.85. The van der Waals surface area contributed by atoms with E-state index in [1.54, 1.807) is 42.7 Å². The van der Waals surface area contributed by atoms with E-state index >= 15 is 0 Å². The van der Waals surface area contributed by atoms with E-state index in [0.717, 1.165) is 40.4 Å². The highest BCUT2D eigenvalue weighted by atomic mass is 32.1. The highest BCUT2D eigenvalue weighted by Crippen LogP contribution is 2.36. The molecule has 184 valence electrons. The Bertz CT molecular complexity index is 1350. The van der Waals surface area contributed by atoms with Crippen molar-refractivity contribution in [2.45, 2.75) is 32.7 Å². The number of hydrogen-bond donors (Lipinski definition) is 3. The predicted molar refractivity (Wildman–Crippen MR) is 139 cm³/mol. The van der Waals surface area contributed by atoms with Gasteiger partial charge < -0.3 is 4.90 Å². The van der Waals surface area contributed by atoms with Crippen molar-refractivity contribution >= 4 is 40.3 Å². The minimum atomic E-state index is -0.220. The average molecular weight is 503 g/mol. The molecule has 0 bridgehead atoms. The van der Waals surface area contributed by atoms with Crippen LogP contribution < -0.4 is 16.6 Å². The number of benzene rings is 1. The van der Waals surface area contributed by atoms with Gasteiger partial charge in [-0.3, -0.25) is 30.3 Å². The molecule has 0 radical (unpaired) electrons. The van der Waals surface area contributed by atoms with Gasteiger partial charge in [-0.2, -0.15) is 0 Å². The number of hydrogen-bond acceptors (Lipinski definition) is 9. The third-order valence-corrected chi connectivity index (χ3v) is 7.00. The van der Waals surface area contributed by atoms with Crippen LogP contribution in [0.2, 0.25) is 0 Å². The zero-order valence-electron chi connectivity index (χ0n) is 20.0. The number of piperidine rings is 1. The van der Waals surface area contributed by atoms with Gasteiger partial charge in [-0.25, -0.2) is 15.8 Å². The molecule has 0 spiro atoms. The number of nitrogens with zero attached hydrogens (tertiary/aromatic N) is 5. The molecule has 2 aromatic rings. The maximum atomic E-state index is 12.7. The molecule has 4 heterocycles. The summed E-state index contributed by atoms with van der Waals surface area (Å²) in [4.78, 5) is 36.3. The van der Waals surface area contributed by atoms with Crippen LogP contribution in [0.3, 0.4) is 0 Å². The molecule has 1 fully saturated rings. The van der Waals surface area contributed by atoms with Gasteiger partial charge in [0.15, 0.2) is 5.13 Å². The van der Waals surface area contributed by atoms with Gasteiger partial charge in [-0.1, -0.05) is 18.1 Å². The zero-order chi connectivity index (χ0) is 25.2. The topological polar surface area (TPSA) is 119 Å². The molecule has 1 saturated heterocycles. The molecule has 4 N–H and O–H groups in total. The van der Waals surface area contributed by atoms with E-state index in [1.807, 2.05) is 24.1 Å². The minimum absolute atomic E-state index is 0.0219. The molecule has 0 aliphatic carbocycles. The molecule has 0 unspecified atom stereocenters. The van der Waals surface area contributed by atoms with Gasteiger partial charge in [0.2, 0.25) is 0 Å². The molecule has 3 aliphatic rings. The SMILES string of the molecule is CC#CC(=O)N1CCC[C@@H](N2NC(c3ccc(C(=O)Nc4ncc(C)s4)cc3)=C3C2=CN=CN3N)C1. The number of rotatable bonds is 4. The number of nitrogens with one attached hydrogen (secondary N) is 2. The molecular formula is C25H26N8O2S. The molecule has 1 atom stereocenters. The largest absolute Gasteiger partial charge is 0.330 e. The third-order valence-electron chi connectivity index (χ3n) is 6.18. The number of carbonyl (C=O) groups excluding carboxylic acids is 2. The first-order valence-electron chi connectivity index (χ1n) is 11.6. The number of fused-ring (bicyclic) bond motifs is 1. The Morgan fingerprint density at radius 1 is 1.28 bits per heavy atom. The fourth-order valence-electron chi connectivity index (χ4n) is 4.49. The number of nitrogens with two attached hydrogens (primary N) is 1. The molecule has 10 nitrogen and oxygen atoms in total. The lowest BCUT2D eigenvalue weighted by molar-refractivity contribution is -0.127. The molecule has 36 heavy (non-hydrogen) atoms. The van der Waals surface area contributed by atoms with Crippen LogP contribution in [0.1, 0.15) is 40.6 Å². The standard InChI is InChI=1S/C25H26N8O2S/c1-3-5-21(34)31-11-4-6-19(14-31)33-20-13-27-15-32(26)23(20)22(30-33)17-7-9-18(10-8-17)24(35)29-25-28-12-16(2)36-25/h7-10,12-13,15,19,30H,4,6,11,14,26H2,1-2H3,(H,28,29,35)/t19-/m1/s1. The van der Waals surface area contributed by atoms with Crippen LogP contribution in [0.15, 0.2) is 53.0 Å². The fraction of sp³-hybridized carbons (Fsp3) is 0.280. The third kappa shape index (κ3) is 4.56. The van der Waals surface area contributed by atoms with Crippen molar-refractivity contribution in [3.05, 3.63) is 64.1 Å². The van der Waals surface area contributed by atoms with Crippen molar-refractivity contribution in [3.8, 4) is 11.8 Å². The Balaban J connectivity index is 1.37. The Kier molecular flexibility index (Phi) is 6.45. The normalized spacial score (nSPS) is 18.8. The van der Waals surface area contributed by atoms with Crippen LogP contribution in [0.4, 0.5) is 5.13 Å².